The van der Waals surface area contributed by atoms with E-state index >= 15 is 0 Å². The summed E-state index contributed by atoms with van der Waals surface area (Å²) in [6.45, 7) is 5.13. The number of hydrogen-bond donors (Lipinski definition) is 1. The van der Waals surface area contributed by atoms with E-state index in [4.69, 9.17) is 4.74 Å². The fourth-order valence-corrected chi connectivity index (χ4v) is 3.46. The summed E-state index contributed by atoms with van der Waals surface area (Å²) >= 11 is 1.69. The van der Waals surface area contributed by atoms with Crippen LogP contribution in [0.3, 0.4) is 0 Å². The molecule has 5 nitrogen and oxygen atoms in total. The molecule has 0 bridgehead atoms. The van der Waals surface area contributed by atoms with E-state index in [2.05, 4.69) is 58.2 Å². The van der Waals surface area contributed by atoms with Crippen molar-refractivity contribution >= 4 is 17.4 Å². The predicted molar refractivity (Wildman–Crippen MR) is 102 cm³/mol. The molecule has 1 N–H and O–H groups in total. The molecule has 0 aliphatic heterocycles. The number of nitrogens with one attached hydrogen (secondary N) is 1. The molecular weight excluding hydrogens is 332 g/mol. The number of aromatic nitrogens is 3. The molecule has 1 unspecified atom stereocenters. The molecule has 0 saturated heterocycles. The van der Waals surface area contributed by atoms with Gasteiger partial charge < -0.3 is 10.1 Å². The Hall–Kier alpha value is -2.05. The third-order valence-corrected chi connectivity index (χ3v) is 5.04. The maximum Gasteiger partial charge on any atom is 0.160 e. The number of fused-ring (bicyclic) bond motifs is 1. The molecule has 0 amide bonds. The van der Waals surface area contributed by atoms with E-state index in [1.165, 1.54) is 5.56 Å². The van der Waals surface area contributed by atoms with E-state index in [0.29, 0.717) is 5.92 Å². The van der Waals surface area contributed by atoms with Gasteiger partial charge in [-0.15, -0.1) is 22.0 Å². The maximum atomic E-state index is 5.49. The molecule has 2 aromatic heterocycles. The van der Waals surface area contributed by atoms with E-state index in [1.54, 1.807) is 18.9 Å². The Labute approximate surface area is 152 Å². The summed E-state index contributed by atoms with van der Waals surface area (Å²) in [5, 5.41) is 12.3. The average Bonchev–Trinajstić information content (AvgIpc) is 3.05. The molecule has 25 heavy (non-hydrogen) atoms. The lowest BCUT2D eigenvalue weighted by atomic mass is 10.0. The van der Waals surface area contributed by atoms with Crippen LogP contribution in [0.25, 0.3) is 5.65 Å². The number of ether oxygens (including phenoxy) is 1. The first-order valence-corrected chi connectivity index (χ1v) is 9.60. The van der Waals surface area contributed by atoms with Crippen LogP contribution < -0.4 is 10.1 Å². The van der Waals surface area contributed by atoms with Crippen LogP contribution in [0, 0.1) is 5.92 Å². The summed E-state index contributed by atoms with van der Waals surface area (Å²) in [5.74, 6) is 2.25. The van der Waals surface area contributed by atoms with Crippen molar-refractivity contribution < 1.29 is 4.74 Å². The summed E-state index contributed by atoms with van der Waals surface area (Å²) < 4.78 is 7.54. The van der Waals surface area contributed by atoms with Crippen LogP contribution in [0.5, 0.6) is 5.75 Å². The zero-order chi connectivity index (χ0) is 17.8. The van der Waals surface area contributed by atoms with Crippen molar-refractivity contribution in [1.82, 2.24) is 19.9 Å². The Morgan fingerprint density at radius 1 is 1.20 bits per heavy atom. The normalized spacial score (nSPS) is 12.7. The van der Waals surface area contributed by atoms with Crippen molar-refractivity contribution in [3.8, 4) is 5.75 Å². The molecule has 3 aromatic rings. The van der Waals surface area contributed by atoms with Crippen molar-refractivity contribution in [3.63, 3.8) is 0 Å². The second-order valence-corrected chi connectivity index (χ2v) is 7.13. The highest BCUT2D eigenvalue weighted by Crippen LogP contribution is 2.29. The lowest BCUT2D eigenvalue weighted by Crippen LogP contribution is -2.27. The lowest BCUT2D eigenvalue weighted by molar-refractivity contribution is 0.387. The van der Waals surface area contributed by atoms with Crippen molar-refractivity contribution in [2.75, 3.05) is 13.4 Å². The highest BCUT2D eigenvalue weighted by molar-refractivity contribution is 7.98. The summed E-state index contributed by atoms with van der Waals surface area (Å²) in [5.41, 5.74) is 2.06. The number of rotatable bonds is 7. The van der Waals surface area contributed by atoms with Gasteiger partial charge in [-0.05, 0) is 42.0 Å². The SMILES string of the molecule is COc1cc(CNC(c2nnc3ccccn23)C(C)C)ccc1SC. The van der Waals surface area contributed by atoms with Crippen molar-refractivity contribution in [2.24, 2.45) is 5.92 Å². The van der Waals surface area contributed by atoms with Crippen LogP contribution in [0.2, 0.25) is 0 Å². The topological polar surface area (TPSA) is 51.5 Å². The van der Waals surface area contributed by atoms with Crippen molar-refractivity contribution in [3.05, 3.63) is 54.0 Å². The number of benzene rings is 1. The molecule has 0 fully saturated rings. The smallest absolute Gasteiger partial charge is 0.160 e. The van der Waals surface area contributed by atoms with Gasteiger partial charge in [0, 0.05) is 17.6 Å². The average molecular weight is 356 g/mol. The fraction of sp³-hybridized carbons (Fsp3) is 0.368. The van der Waals surface area contributed by atoms with Gasteiger partial charge in [-0.2, -0.15) is 0 Å². The Kier molecular flexibility index (Phi) is 5.60. The second-order valence-electron chi connectivity index (χ2n) is 6.28. The highest BCUT2D eigenvalue weighted by atomic mass is 32.2. The van der Waals surface area contributed by atoms with Gasteiger partial charge in [0.1, 0.15) is 5.75 Å². The Balaban J connectivity index is 1.81. The summed E-state index contributed by atoms with van der Waals surface area (Å²) in [4.78, 5) is 1.15. The number of methoxy groups -OCH3 is 1. The Morgan fingerprint density at radius 3 is 2.76 bits per heavy atom. The largest absolute Gasteiger partial charge is 0.496 e. The second kappa shape index (κ2) is 7.89. The van der Waals surface area contributed by atoms with Crippen molar-refractivity contribution in [1.29, 1.82) is 0 Å². The minimum Gasteiger partial charge on any atom is -0.496 e. The fourth-order valence-electron chi connectivity index (χ4n) is 2.92. The molecule has 0 aliphatic rings. The number of thioether (sulfide) groups is 1. The molecule has 1 aromatic carbocycles. The van der Waals surface area contributed by atoms with Crippen LogP contribution in [0.15, 0.2) is 47.5 Å². The molecule has 0 saturated carbocycles. The van der Waals surface area contributed by atoms with Gasteiger partial charge >= 0.3 is 0 Å². The molecule has 0 aliphatic carbocycles. The number of nitrogens with zero attached hydrogens (tertiary/aromatic N) is 3. The summed E-state index contributed by atoms with van der Waals surface area (Å²) in [7, 11) is 1.71. The van der Waals surface area contributed by atoms with Crippen LogP contribution >= 0.6 is 11.8 Å². The molecular formula is C19H24N4OS. The molecule has 0 spiro atoms. The first-order chi connectivity index (χ1) is 12.1. The molecule has 2 heterocycles. The van der Waals surface area contributed by atoms with Gasteiger partial charge in [0.05, 0.1) is 13.2 Å². The predicted octanol–water partition coefficient (Wildman–Crippen LogP) is 3.95. The molecule has 1 atom stereocenters. The van der Waals surface area contributed by atoms with Crippen LogP contribution in [0.1, 0.15) is 31.3 Å². The van der Waals surface area contributed by atoms with Crippen LogP contribution in [0.4, 0.5) is 0 Å². The number of hydrogen-bond acceptors (Lipinski definition) is 5. The Bertz CT molecular complexity index is 846. The molecule has 6 heteroatoms. The first kappa shape index (κ1) is 17.8. The zero-order valence-corrected chi connectivity index (χ0v) is 15.9. The zero-order valence-electron chi connectivity index (χ0n) is 15.1. The summed E-state index contributed by atoms with van der Waals surface area (Å²) in [6, 6.07) is 12.4. The van der Waals surface area contributed by atoms with Gasteiger partial charge in [-0.1, -0.05) is 26.0 Å². The lowest BCUT2D eigenvalue weighted by Gasteiger charge is -2.21. The van der Waals surface area contributed by atoms with E-state index in [9.17, 15) is 0 Å². The van der Waals surface area contributed by atoms with E-state index in [-0.39, 0.29) is 6.04 Å². The standard InChI is InChI=1S/C19H24N4OS/c1-13(2)18(19-22-21-17-7-5-6-10-23(17)19)20-12-14-8-9-16(25-4)15(11-14)24-3/h5-11,13,18,20H,12H2,1-4H3. The highest BCUT2D eigenvalue weighted by Gasteiger charge is 2.21. The maximum absolute atomic E-state index is 5.49. The van der Waals surface area contributed by atoms with E-state index in [1.807, 2.05) is 24.4 Å². The third-order valence-electron chi connectivity index (χ3n) is 4.26. The molecule has 132 valence electrons. The van der Waals surface area contributed by atoms with Gasteiger partial charge in [0.2, 0.25) is 0 Å². The van der Waals surface area contributed by atoms with Gasteiger partial charge in [-0.25, -0.2) is 0 Å². The monoisotopic (exact) mass is 356 g/mol. The van der Waals surface area contributed by atoms with E-state index in [0.717, 1.165) is 28.7 Å². The van der Waals surface area contributed by atoms with Crippen LogP contribution in [-0.2, 0) is 6.54 Å². The number of pyridine rings is 1. The third kappa shape index (κ3) is 3.80. The van der Waals surface area contributed by atoms with E-state index < -0.39 is 0 Å². The summed E-state index contributed by atoms with van der Waals surface area (Å²) in [6.07, 6.45) is 4.07. The molecule has 0 radical (unpaired) electrons. The van der Waals surface area contributed by atoms with Gasteiger partial charge in [0.25, 0.3) is 0 Å². The first-order valence-electron chi connectivity index (χ1n) is 8.38. The van der Waals surface area contributed by atoms with Crippen LogP contribution in [-0.4, -0.2) is 28.0 Å². The van der Waals surface area contributed by atoms with Gasteiger partial charge in [-0.3, -0.25) is 4.40 Å². The Morgan fingerprint density at radius 2 is 2.04 bits per heavy atom. The van der Waals surface area contributed by atoms with Crippen molar-refractivity contribution in [2.45, 2.75) is 31.3 Å². The van der Waals surface area contributed by atoms with Gasteiger partial charge in [0.15, 0.2) is 11.5 Å². The molecule has 3 rings (SSSR count). The minimum atomic E-state index is 0.114. The minimum absolute atomic E-state index is 0.114. The quantitative estimate of drug-likeness (QED) is 0.650.